The predicted octanol–water partition coefficient (Wildman–Crippen LogP) is -1.69. The number of amides is 3. The number of rotatable bonds is 17. The van der Waals surface area contributed by atoms with Crippen molar-refractivity contribution in [3.8, 4) is 0 Å². The highest BCUT2D eigenvalue weighted by Gasteiger charge is 2.31. The van der Waals surface area contributed by atoms with Crippen molar-refractivity contribution < 1.29 is 44.1 Å². The van der Waals surface area contributed by atoms with E-state index >= 15 is 0 Å². The van der Waals surface area contributed by atoms with E-state index in [1.165, 1.54) is 23.5 Å². The Hall–Kier alpha value is -2.52. The van der Waals surface area contributed by atoms with Gasteiger partial charge in [0, 0.05) is 0 Å². The zero-order valence-corrected chi connectivity index (χ0v) is 19.9. The Labute approximate surface area is 199 Å². The molecule has 33 heavy (non-hydrogen) atoms. The lowest BCUT2D eigenvalue weighted by Gasteiger charge is -2.24. The zero-order chi connectivity index (χ0) is 25.6. The molecular weight excluding hydrogens is 480 g/mol. The molecule has 0 aliphatic heterocycles. The SMILES string of the molecule is CSCCC(N)C(=O)NC(CC(=O)O)C(=O)NC(CCSC)C(=O)NC(CC(=O)O)C(=O)O. The van der Waals surface area contributed by atoms with Gasteiger partial charge in [-0.25, -0.2) is 4.79 Å². The van der Waals surface area contributed by atoms with E-state index in [2.05, 4.69) is 16.0 Å². The molecule has 3 amide bonds. The highest BCUT2D eigenvalue weighted by Crippen LogP contribution is 2.05. The molecule has 0 heterocycles. The fraction of sp³-hybridized carbons (Fsp3) is 0.667. The Bertz CT molecular complexity index is 723. The minimum Gasteiger partial charge on any atom is -0.481 e. The van der Waals surface area contributed by atoms with Gasteiger partial charge in [-0.15, -0.1) is 0 Å². The van der Waals surface area contributed by atoms with E-state index in [1.54, 1.807) is 6.26 Å². The molecule has 0 spiro atoms. The first-order chi connectivity index (χ1) is 15.4. The maximum absolute atomic E-state index is 12.7. The summed E-state index contributed by atoms with van der Waals surface area (Å²) in [4.78, 5) is 70.7. The van der Waals surface area contributed by atoms with Crippen molar-refractivity contribution in [2.45, 2.75) is 49.9 Å². The number of thioether (sulfide) groups is 2. The van der Waals surface area contributed by atoms with Crippen molar-refractivity contribution in [2.75, 3.05) is 24.0 Å². The van der Waals surface area contributed by atoms with Gasteiger partial charge < -0.3 is 37.0 Å². The summed E-state index contributed by atoms with van der Waals surface area (Å²) in [5.41, 5.74) is 5.75. The first-order valence-corrected chi connectivity index (χ1v) is 12.5. The van der Waals surface area contributed by atoms with Gasteiger partial charge in [0.05, 0.1) is 18.9 Å². The van der Waals surface area contributed by atoms with Gasteiger partial charge in [-0.05, 0) is 36.9 Å². The molecule has 0 saturated heterocycles. The first-order valence-electron chi connectivity index (χ1n) is 9.73. The average Bonchev–Trinajstić information content (AvgIpc) is 2.72. The molecular formula is C18H30N4O9S2. The summed E-state index contributed by atoms with van der Waals surface area (Å²) in [6.45, 7) is 0. The van der Waals surface area contributed by atoms with Crippen LogP contribution in [0.25, 0.3) is 0 Å². The standard InChI is InChI=1S/C18H30N4O9S2/c1-32-5-3-9(19)15(27)21-11(7-13(23)24)17(29)20-10(4-6-33-2)16(28)22-12(18(30)31)8-14(25)26/h9-12H,3-8,19H2,1-2H3,(H,20,29)(H,21,27)(H,22,28)(H,23,24)(H,25,26)(H,30,31). The summed E-state index contributed by atoms with van der Waals surface area (Å²) in [5, 5.41) is 33.7. The fourth-order valence-electron chi connectivity index (χ4n) is 2.46. The fourth-order valence-corrected chi connectivity index (χ4v) is 3.42. The van der Waals surface area contributed by atoms with Crippen molar-refractivity contribution in [2.24, 2.45) is 5.73 Å². The first kappa shape index (κ1) is 30.5. The lowest BCUT2D eigenvalue weighted by molar-refractivity contribution is -0.147. The molecule has 0 rings (SSSR count). The third kappa shape index (κ3) is 12.9. The van der Waals surface area contributed by atoms with Crippen LogP contribution in [-0.4, -0.2) is 99.1 Å². The lowest BCUT2D eigenvalue weighted by atomic mass is 10.1. The number of carbonyl (C=O) groups excluding carboxylic acids is 3. The summed E-state index contributed by atoms with van der Waals surface area (Å²) in [5.74, 6) is -6.14. The molecule has 0 radical (unpaired) electrons. The van der Waals surface area contributed by atoms with E-state index < -0.39 is 72.6 Å². The largest absolute Gasteiger partial charge is 0.481 e. The average molecular weight is 511 g/mol. The van der Waals surface area contributed by atoms with Crippen LogP contribution in [0.1, 0.15) is 25.7 Å². The van der Waals surface area contributed by atoms with Gasteiger partial charge in [-0.2, -0.15) is 23.5 Å². The van der Waals surface area contributed by atoms with Crippen LogP contribution in [-0.2, 0) is 28.8 Å². The number of carbonyl (C=O) groups is 6. The van der Waals surface area contributed by atoms with Crippen molar-refractivity contribution in [3.05, 3.63) is 0 Å². The van der Waals surface area contributed by atoms with Crippen LogP contribution in [0, 0.1) is 0 Å². The third-order valence-corrected chi connectivity index (χ3v) is 5.51. The summed E-state index contributed by atoms with van der Waals surface area (Å²) in [6.07, 6.45) is 2.23. The molecule has 15 heteroatoms. The molecule has 188 valence electrons. The van der Waals surface area contributed by atoms with Crippen LogP contribution in [0.3, 0.4) is 0 Å². The molecule has 0 bridgehead atoms. The van der Waals surface area contributed by atoms with Crippen molar-refractivity contribution in [1.29, 1.82) is 0 Å². The summed E-state index contributed by atoms with van der Waals surface area (Å²) < 4.78 is 0. The van der Waals surface area contributed by atoms with Crippen LogP contribution in [0.15, 0.2) is 0 Å². The number of carboxylic acids is 3. The minimum atomic E-state index is -1.73. The van der Waals surface area contributed by atoms with Gasteiger partial charge in [0.1, 0.15) is 18.1 Å². The van der Waals surface area contributed by atoms with Crippen LogP contribution in [0.2, 0.25) is 0 Å². The third-order valence-electron chi connectivity index (χ3n) is 4.22. The predicted molar refractivity (Wildman–Crippen MR) is 122 cm³/mol. The normalized spacial score (nSPS) is 14.3. The molecule has 0 fully saturated rings. The van der Waals surface area contributed by atoms with Crippen molar-refractivity contribution in [1.82, 2.24) is 16.0 Å². The number of nitrogens with one attached hydrogen (secondary N) is 3. The van der Waals surface area contributed by atoms with Gasteiger partial charge in [-0.1, -0.05) is 0 Å². The molecule has 4 atom stereocenters. The molecule has 13 nitrogen and oxygen atoms in total. The Morgan fingerprint density at radius 2 is 1.12 bits per heavy atom. The second-order valence-corrected chi connectivity index (χ2v) is 8.86. The molecule has 4 unspecified atom stereocenters. The zero-order valence-electron chi connectivity index (χ0n) is 18.2. The van der Waals surface area contributed by atoms with Crippen LogP contribution < -0.4 is 21.7 Å². The Kier molecular flexibility index (Phi) is 14.9. The van der Waals surface area contributed by atoms with Crippen molar-refractivity contribution in [3.63, 3.8) is 0 Å². The number of nitrogens with two attached hydrogens (primary N) is 1. The summed E-state index contributed by atoms with van der Waals surface area (Å²) in [6, 6.07) is -5.52. The second-order valence-electron chi connectivity index (χ2n) is 6.89. The van der Waals surface area contributed by atoms with Gasteiger partial charge in [0.2, 0.25) is 17.7 Å². The second kappa shape index (κ2) is 16.1. The van der Waals surface area contributed by atoms with Crippen LogP contribution in [0.5, 0.6) is 0 Å². The molecule has 8 N–H and O–H groups in total. The van der Waals surface area contributed by atoms with Crippen LogP contribution >= 0.6 is 23.5 Å². The summed E-state index contributed by atoms with van der Waals surface area (Å²) in [7, 11) is 0. The quantitative estimate of drug-likeness (QED) is 0.116. The molecule has 0 saturated carbocycles. The number of aliphatic carboxylic acids is 3. The van der Waals surface area contributed by atoms with Gasteiger partial charge >= 0.3 is 17.9 Å². The monoisotopic (exact) mass is 510 g/mol. The van der Waals surface area contributed by atoms with E-state index in [9.17, 15) is 28.8 Å². The van der Waals surface area contributed by atoms with E-state index in [-0.39, 0.29) is 6.42 Å². The highest BCUT2D eigenvalue weighted by molar-refractivity contribution is 7.98. The molecule has 0 aliphatic carbocycles. The van der Waals surface area contributed by atoms with E-state index in [0.29, 0.717) is 17.9 Å². The lowest BCUT2D eigenvalue weighted by Crippen LogP contribution is -2.57. The molecule has 0 aliphatic rings. The number of carboxylic acid groups (broad SMARTS) is 3. The molecule has 0 aromatic rings. The van der Waals surface area contributed by atoms with E-state index in [0.717, 1.165) is 0 Å². The van der Waals surface area contributed by atoms with Gasteiger partial charge in [0.15, 0.2) is 0 Å². The van der Waals surface area contributed by atoms with E-state index in [4.69, 9.17) is 21.1 Å². The Morgan fingerprint density at radius 3 is 1.61 bits per heavy atom. The summed E-state index contributed by atoms with van der Waals surface area (Å²) >= 11 is 2.78. The highest BCUT2D eigenvalue weighted by atomic mass is 32.2. The maximum Gasteiger partial charge on any atom is 0.326 e. The van der Waals surface area contributed by atoms with Gasteiger partial charge in [0.25, 0.3) is 0 Å². The Morgan fingerprint density at radius 1 is 0.697 bits per heavy atom. The minimum absolute atomic E-state index is 0.0408. The van der Waals surface area contributed by atoms with Gasteiger partial charge in [-0.3, -0.25) is 24.0 Å². The topological polar surface area (TPSA) is 225 Å². The Balaban J connectivity index is 5.45. The number of hydrogen-bond acceptors (Lipinski definition) is 9. The smallest absolute Gasteiger partial charge is 0.326 e. The van der Waals surface area contributed by atoms with Crippen molar-refractivity contribution >= 4 is 59.2 Å². The van der Waals surface area contributed by atoms with Crippen LogP contribution in [0.4, 0.5) is 0 Å². The van der Waals surface area contributed by atoms with E-state index in [1.807, 2.05) is 6.26 Å². The molecule has 0 aromatic carbocycles. The number of hydrogen-bond donors (Lipinski definition) is 7. The maximum atomic E-state index is 12.7. The molecule has 0 aromatic heterocycles.